The number of nitrogens with zero attached hydrogens (tertiary/aromatic N) is 5. The van der Waals surface area contributed by atoms with E-state index in [9.17, 15) is 19.2 Å². The third kappa shape index (κ3) is 8.97. The number of hydrogen-bond acceptors (Lipinski definition) is 9. The van der Waals surface area contributed by atoms with E-state index in [1.54, 1.807) is 28.4 Å². The summed E-state index contributed by atoms with van der Waals surface area (Å²) in [5.74, 6) is 7.40. The predicted molar refractivity (Wildman–Crippen MR) is 225 cm³/mol. The summed E-state index contributed by atoms with van der Waals surface area (Å²) < 4.78 is 9.51. The van der Waals surface area contributed by atoms with Gasteiger partial charge in [-0.25, -0.2) is 19.6 Å². The molecule has 2 aliphatic rings. The molecule has 15 nitrogen and oxygen atoms in total. The molecular weight excluding hydrogens is 763 g/mol. The van der Waals surface area contributed by atoms with Crippen LogP contribution in [0.2, 0.25) is 0 Å². The molecule has 7 rings (SSSR count). The zero-order valence-electron chi connectivity index (χ0n) is 34.7. The molecule has 60 heavy (non-hydrogen) atoms. The molecule has 2 saturated heterocycles. The van der Waals surface area contributed by atoms with Gasteiger partial charge in [0, 0.05) is 41.4 Å². The van der Waals surface area contributed by atoms with Crippen LogP contribution in [-0.2, 0) is 19.1 Å². The van der Waals surface area contributed by atoms with E-state index in [1.165, 1.54) is 14.2 Å². The summed E-state index contributed by atoms with van der Waals surface area (Å²) in [5.41, 5.74) is 5.94. The number of carbonyl (C=O) groups is 4. The third-order valence-electron chi connectivity index (χ3n) is 11.2. The van der Waals surface area contributed by atoms with Gasteiger partial charge in [0.25, 0.3) is 0 Å². The van der Waals surface area contributed by atoms with Gasteiger partial charge < -0.3 is 39.9 Å². The molecule has 5 aromatic rings. The van der Waals surface area contributed by atoms with Crippen LogP contribution in [0.4, 0.5) is 9.59 Å². The second-order valence-electron chi connectivity index (χ2n) is 15.9. The fourth-order valence-corrected chi connectivity index (χ4v) is 7.91. The SMILES string of the molecule is COC(=O)NC(C(=O)N1CCCC1c1ncc(-c2ccc(C#Cc3ccc4cc(-c5cnc(C6CCCN6C(=O)C(NC(=O)OC)C(C)C)[nH]5)cnc4c3)cc2)[nH]1)C(C)C. The van der Waals surface area contributed by atoms with Crippen LogP contribution >= 0.6 is 0 Å². The highest BCUT2D eigenvalue weighted by Gasteiger charge is 2.39. The van der Waals surface area contributed by atoms with E-state index in [2.05, 4.69) is 48.5 Å². The minimum Gasteiger partial charge on any atom is -0.453 e. The lowest BCUT2D eigenvalue weighted by atomic mass is 10.0. The first-order valence-electron chi connectivity index (χ1n) is 20.4. The van der Waals surface area contributed by atoms with E-state index >= 15 is 0 Å². The average Bonchev–Trinajstić information content (AvgIpc) is 4.10. The van der Waals surface area contributed by atoms with Crippen molar-refractivity contribution in [3.63, 3.8) is 0 Å². The van der Waals surface area contributed by atoms with Crippen molar-refractivity contribution in [2.75, 3.05) is 27.3 Å². The molecule has 0 spiro atoms. The summed E-state index contributed by atoms with van der Waals surface area (Å²) in [6.45, 7) is 8.75. The number of methoxy groups -OCH3 is 2. The normalized spacial score (nSPS) is 17.3. The van der Waals surface area contributed by atoms with Gasteiger partial charge in [0.2, 0.25) is 11.8 Å². The van der Waals surface area contributed by atoms with E-state index in [4.69, 9.17) is 14.5 Å². The van der Waals surface area contributed by atoms with Crippen molar-refractivity contribution in [2.45, 2.75) is 77.5 Å². The molecule has 3 aromatic heterocycles. The van der Waals surface area contributed by atoms with E-state index in [0.29, 0.717) is 24.7 Å². The maximum atomic E-state index is 13.6. The third-order valence-corrected chi connectivity index (χ3v) is 11.2. The molecule has 4 unspecified atom stereocenters. The molecule has 0 aliphatic carbocycles. The Balaban J connectivity index is 0.995. The van der Waals surface area contributed by atoms with Gasteiger partial charge in [0.1, 0.15) is 23.7 Å². The summed E-state index contributed by atoms with van der Waals surface area (Å²) in [4.78, 5) is 75.5. The van der Waals surface area contributed by atoms with Crippen molar-refractivity contribution in [3.05, 3.63) is 89.9 Å². The number of carbonyl (C=O) groups excluding carboxylic acids is 4. The molecule has 2 fully saturated rings. The number of nitrogens with one attached hydrogen (secondary N) is 4. The second-order valence-corrected chi connectivity index (χ2v) is 15.9. The van der Waals surface area contributed by atoms with Crippen LogP contribution in [0.1, 0.15) is 88.2 Å². The van der Waals surface area contributed by atoms with Crippen molar-refractivity contribution >= 4 is 34.9 Å². The molecule has 0 radical (unpaired) electrons. The molecule has 2 aromatic carbocycles. The Morgan fingerprint density at radius 2 is 1.17 bits per heavy atom. The molecule has 4 N–H and O–H groups in total. The van der Waals surface area contributed by atoms with Crippen LogP contribution in [0, 0.1) is 23.7 Å². The summed E-state index contributed by atoms with van der Waals surface area (Å²) in [7, 11) is 2.57. The summed E-state index contributed by atoms with van der Waals surface area (Å²) in [6, 6.07) is 14.1. The van der Waals surface area contributed by atoms with Gasteiger partial charge in [-0.2, -0.15) is 0 Å². The monoisotopic (exact) mass is 813 g/mol. The molecule has 4 amide bonds. The van der Waals surface area contributed by atoms with Gasteiger partial charge in [0.05, 0.1) is 55.6 Å². The highest BCUT2D eigenvalue weighted by Crippen LogP contribution is 2.34. The quantitative estimate of drug-likeness (QED) is 0.114. The molecule has 4 atom stereocenters. The van der Waals surface area contributed by atoms with E-state index in [-0.39, 0.29) is 35.7 Å². The van der Waals surface area contributed by atoms with Crippen molar-refractivity contribution < 1.29 is 28.7 Å². The fourth-order valence-electron chi connectivity index (χ4n) is 7.91. The Labute approximate surface area is 349 Å². The first-order valence-corrected chi connectivity index (χ1v) is 20.4. The number of ether oxygens (including phenoxy) is 2. The largest absolute Gasteiger partial charge is 0.453 e. The highest BCUT2D eigenvalue weighted by atomic mass is 16.5. The maximum absolute atomic E-state index is 13.6. The van der Waals surface area contributed by atoms with Crippen LogP contribution in [0.25, 0.3) is 33.4 Å². The number of pyridine rings is 1. The van der Waals surface area contributed by atoms with Gasteiger partial charge in [0.15, 0.2) is 0 Å². The van der Waals surface area contributed by atoms with Crippen LogP contribution in [0.5, 0.6) is 0 Å². The zero-order valence-corrected chi connectivity index (χ0v) is 34.7. The Morgan fingerprint density at radius 3 is 1.68 bits per heavy atom. The first kappa shape index (κ1) is 41.5. The molecule has 312 valence electrons. The second kappa shape index (κ2) is 18.1. The van der Waals surface area contributed by atoms with Gasteiger partial charge in [-0.1, -0.05) is 57.7 Å². The number of amides is 4. The molecule has 0 bridgehead atoms. The number of H-pyrrole nitrogens is 2. The lowest BCUT2D eigenvalue weighted by molar-refractivity contribution is -0.136. The number of likely N-dealkylation sites (tertiary alicyclic amines) is 2. The Morgan fingerprint density at radius 1 is 0.667 bits per heavy atom. The van der Waals surface area contributed by atoms with Gasteiger partial charge >= 0.3 is 12.2 Å². The first-order chi connectivity index (χ1) is 28.9. The van der Waals surface area contributed by atoms with E-state index in [0.717, 1.165) is 70.2 Å². The summed E-state index contributed by atoms with van der Waals surface area (Å²) >= 11 is 0. The number of alkyl carbamates (subject to hydrolysis) is 2. The van der Waals surface area contributed by atoms with Crippen molar-refractivity contribution in [1.82, 2.24) is 45.4 Å². The number of benzene rings is 2. The molecule has 2 aliphatic heterocycles. The summed E-state index contributed by atoms with van der Waals surface area (Å²) in [5, 5.41) is 6.33. The van der Waals surface area contributed by atoms with Crippen molar-refractivity contribution in [3.8, 4) is 34.4 Å². The molecule has 0 saturated carbocycles. The van der Waals surface area contributed by atoms with Crippen LogP contribution in [-0.4, -0.2) is 98.1 Å². The van der Waals surface area contributed by atoms with E-state index < -0.39 is 24.3 Å². The maximum Gasteiger partial charge on any atom is 0.407 e. The molecule has 5 heterocycles. The molecule has 15 heteroatoms. The number of aromatic amines is 2. The smallest absolute Gasteiger partial charge is 0.407 e. The Kier molecular flexibility index (Phi) is 12.5. The van der Waals surface area contributed by atoms with Gasteiger partial charge in [-0.05, 0) is 73.4 Å². The standard InChI is InChI=1S/C45H51N9O6/c1-26(2)38(51-44(57)59-5)42(55)53-19-7-9-36(53)40-47-24-34(49-40)30-16-13-28(14-17-30)11-12-29-15-18-31-22-32(23-46-33(31)21-29)35-25-48-41(50-35)37-10-8-20-54(37)43(56)39(27(3)4)52-45(58)60-6/h13-18,21-27,36-39H,7-10,19-20H2,1-6H3,(H,47,49)(H,48,50)(H,51,57)(H,52,58). The van der Waals surface area contributed by atoms with Crippen LogP contribution in [0.15, 0.2) is 67.1 Å². The van der Waals surface area contributed by atoms with Crippen molar-refractivity contribution in [2.24, 2.45) is 11.8 Å². The minimum absolute atomic E-state index is 0.110. The van der Waals surface area contributed by atoms with E-state index in [1.807, 2.05) is 70.2 Å². The summed E-state index contributed by atoms with van der Waals surface area (Å²) in [6.07, 6.45) is 7.31. The topological polar surface area (TPSA) is 188 Å². The number of fused-ring (bicyclic) bond motifs is 1. The highest BCUT2D eigenvalue weighted by molar-refractivity contribution is 5.87. The number of aromatic nitrogens is 5. The lowest BCUT2D eigenvalue weighted by Crippen LogP contribution is -2.51. The van der Waals surface area contributed by atoms with Crippen LogP contribution in [0.3, 0.4) is 0 Å². The van der Waals surface area contributed by atoms with Crippen LogP contribution < -0.4 is 10.6 Å². The zero-order chi connectivity index (χ0) is 42.5. The molecular formula is C45H51N9O6. The number of imidazole rings is 2. The fraction of sp³-hybridized carbons (Fsp3) is 0.400. The average molecular weight is 814 g/mol. The Bertz CT molecular complexity index is 2430. The number of hydrogen-bond donors (Lipinski definition) is 4. The van der Waals surface area contributed by atoms with Gasteiger partial charge in [-0.15, -0.1) is 0 Å². The number of rotatable bonds is 10. The predicted octanol–water partition coefficient (Wildman–Crippen LogP) is 6.50. The Hall–Kier alpha value is -6.69. The van der Waals surface area contributed by atoms with Crippen molar-refractivity contribution in [1.29, 1.82) is 0 Å². The lowest BCUT2D eigenvalue weighted by Gasteiger charge is -2.30. The van der Waals surface area contributed by atoms with Gasteiger partial charge in [-0.3, -0.25) is 14.6 Å². The minimum atomic E-state index is -0.700.